The number of nitrogens with one attached hydrogen (secondary N) is 1. The first kappa shape index (κ1) is 11.7. The lowest BCUT2D eigenvalue weighted by molar-refractivity contribution is 0.398. The molecule has 1 N–H and O–H groups in total. The van der Waals surface area contributed by atoms with E-state index in [9.17, 15) is 0 Å². The maximum Gasteiger partial charge on any atom is 0.129 e. The van der Waals surface area contributed by atoms with Crippen molar-refractivity contribution in [1.29, 1.82) is 0 Å². The van der Waals surface area contributed by atoms with Crippen molar-refractivity contribution in [3.8, 4) is 0 Å². The van der Waals surface area contributed by atoms with Gasteiger partial charge in [-0.1, -0.05) is 6.07 Å². The van der Waals surface area contributed by atoms with E-state index in [2.05, 4.69) is 48.9 Å². The number of fused-ring (bicyclic) bond motifs is 1. The highest BCUT2D eigenvalue weighted by atomic mass is 15.2. The monoisotopic (exact) mass is 243 g/mol. The van der Waals surface area contributed by atoms with Gasteiger partial charge in [-0.15, -0.1) is 0 Å². The van der Waals surface area contributed by atoms with Crippen LogP contribution in [0, 0.1) is 6.92 Å². The van der Waals surface area contributed by atoms with E-state index in [4.69, 9.17) is 4.98 Å². The Morgan fingerprint density at radius 1 is 1.33 bits per heavy atom. The van der Waals surface area contributed by atoms with E-state index < -0.39 is 0 Å². The fourth-order valence-corrected chi connectivity index (χ4v) is 2.46. The second-order valence-electron chi connectivity index (χ2n) is 5.90. The summed E-state index contributed by atoms with van der Waals surface area (Å²) < 4.78 is 2.44. The first-order chi connectivity index (χ1) is 8.53. The van der Waals surface area contributed by atoms with Gasteiger partial charge in [0.2, 0.25) is 0 Å². The van der Waals surface area contributed by atoms with Crippen LogP contribution in [-0.4, -0.2) is 16.6 Å². The molecule has 2 aromatic rings. The summed E-state index contributed by atoms with van der Waals surface area (Å²) >= 11 is 0. The topological polar surface area (TPSA) is 29.9 Å². The predicted molar refractivity (Wildman–Crippen MR) is 74.8 cm³/mol. The minimum absolute atomic E-state index is 0.0878. The average Bonchev–Trinajstić information content (AvgIpc) is 3.09. The Balaban J connectivity index is 2.27. The summed E-state index contributed by atoms with van der Waals surface area (Å²) in [4.78, 5) is 4.88. The summed E-state index contributed by atoms with van der Waals surface area (Å²) in [5.41, 5.74) is 3.59. The van der Waals surface area contributed by atoms with Crippen LogP contribution in [0.1, 0.15) is 44.1 Å². The van der Waals surface area contributed by atoms with Crippen LogP contribution < -0.4 is 5.32 Å². The second kappa shape index (κ2) is 3.82. The summed E-state index contributed by atoms with van der Waals surface area (Å²) in [6, 6.07) is 7.23. The first-order valence-electron chi connectivity index (χ1n) is 6.71. The molecule has 0 radical (unpaired) electrons. The van der Waals surface area contributed by atoms with Crippen LogP contribution in [0.5, 0.6) is 0 Å². The molecule has 18 heavy (non-hydrogen) atoms. The molecular formula is C15H21N3. The van der Waals surface area contributed by atoms with Gasteiger partial charge >= 0.3 is 0 Å². The Hall–Kier alpha value is -1.35. The standard InChI is InChI=1S/C15H21N3/c1-10-5-8-13-12(9-10)17-14(15(2,3)16-4)18(13)11-6-7-11/h5,8-9,11,16H,6-7H2,1-4H3. The van der Waals surface area contributed by atoms with E-state index in [0.717, 1.165) is 11.3 Å². The summed E-state index contributed by atoms with van der Waals surface area (Å²) in [5.74, 6) is 1.16. The Bertz CT molecular complexity index is 591. The molecule has 1 heterocycles. The Kier molecular flexibility index (Phi) is 2.49. The molecule has 0 saturated heterocycles. The van der Waals surface area contributed by atoms with Gasteiger partial charge in [0.25, 0.3) is 0 Å². The van der Waals surface area contributed by atoms with Crippen LogP contribution >= 0.6 is 0 Å². The van der Waals surface area contributed by atoms with E-state index in [1.54, 1.807) is 0 Å². The van der Waals surface area contributed by atoms with Crippen LogP contribution in [0.2, 0.25) is 0 Å². The maximum absolute atomic E-state index is 4.88. The lowest BCUT2D eigenvalue weighted by atomic mass is 10.1. The average molecular weight is 243 g/mol. The minimum atomic E-state index is -0.0878. The fourth-order valence-electron chi connectivity index (χ4n) is 2.46. The summed E-state index contributed by atoms with van der Waals surface area (Å²) in [6.07, 6.45) is 2.57. The van der Waals surface area contributed by atoms with Gasteiger partial charge in [0.15, 0.2) is 0 Å². The van der Waals surface area contributed by atoms with Crippen molar-refractivity contribution in [1.82, 2.24) is 14.9 Å². The van der Waals surface area contributed by atoms with Crippen LogP contribution in [0.4, 0.5) is 0 Å². The highest BCUT2D eigenvalue weighted by Crippen LogP contribution is 2.40. The molecule has 1 aromatic heterocycles. The van der Waals surface area contributed by atoms with Gasteiger partial charge in [-0.25, -0.2) is 4.98 Å². The normalized spacial score (nSPS) is 16.4. The molecule has 0 spiro atoms. The molecule has 1 fully saturated rings. The van der Waals surface area contributed by atoms with Gasteiger partial charge in [-0.05, 0) is 58.4 Å². The van der Waals surface area contributed by atoms with Crippen molar-refractivity contribution in [2.75, 3.05) is 7.05 Å². The lowest BCUT2D eigenvalue weighted by Gasteiger charge is -2.24. The van der Waals surface area contributed by atoms with Crippen molar-refractivity contribution in [2.24, 2.45) is 0 Å². The summed E-state index contributed by atoms with van der Waals surface area (Å²) in [6.45, 7) is 6.51. The number of aryl methyl sites for hydroxylation is 1. The number of aromatic nitrogens is 2. The Labute approximate surface area is 108 Å². The van der Waals surface area contributed by atoms with Crippen molar-refractivity contribution in [3.05, 3.63) is 29.6 Å². The van der Waals surface area contributed by atoms with Crippen LogP contribution in [0.15, 0.2) is 18.2 Å². The maximum atomic E-state index is 4.88. The number of nitrogens with zero attached hydrogens (tertiary/aromatic N) is 2. The van der Waals surface area contributed by atoms with E-state index in [1.165, 1.54) is 23.9 Å². The SMILES string of the molecule is CNC(C)(C)c1nc2cc(C)ccc2n1C1CC1. The van der Waals surface area contributed by atoms with Crippen molar-refractivity contribution in [2.45, 2.75) is 45.2 Å². The fraction of sp³-hybridized carbons (Fsp3) is 0.533. The third-order valence-corrected chi connectivity index (χ3v) is 3.94. The summed E-state index contributed by atoms with van der Waals surface area (Å²) in [7, 11) is 2.00. The van der Waals surface area contributed by atoms with Crippen LogP contribution in [0.25, 0.3) is 11.0 Å². The highest BCUT2D eigenvalue weighted by Gasteiger charge is 2.33. The second-order valence-corrected chi connectivity index (χ2v) is 5.90. The molecule has 0 aliphatic heterocycles. The molecule has 0 atom stereocenters. The molecule has 0 bridgehead atoms. The van der Waals surface area contributed by atoms with Gasteiger partial charge in [0.05, 0.1) is 16.6 Å². The first-order valence-corrected chi connectivity index (χ1v) is 6.71. The van der Waals surface area contributed by atoms with Crippen molar-refractivity contribution >= 4 is 11.0 Å². The number of hydrogen-bond donors (Lipinski definition) is 1. The molecule has 3 rings (SSSR count). The van der Waals surface area contributed by atoms with Gasteiger partial charge in [0.1, 0.15) is 5.82 Å². The van der Waals surface area contributed by atoms with Gasteiger partial charge in [0, 0.05) is 6.04 Å². The van der Waals surface area contributed by atoms with Gasteiger partial charge in [-0.3, -0.25) is 0 Å². The third-order valence-electron chi connectivity index (χ3n) is 3.94. The molecule has 1 saturated carbocycles. The predicted octanol–water partition coefficient (Wildman–Crippen LogP) is 3.13. The van der Waals surface area contributed by atoms with E-state index >= 15 is 0 Å². The largest absolute Gasteiger partial charge is 0.323 e. The molecule has 1 aliphatic carbocycles. The molecule has 0 unspecified atom stereocenters. The lowest BCUT2D eigenvalue weighted by Crippen LogP contribution is -2.36. The molecule has 0 amide bonds. The van der Waals surface area contributed by atoms with Gasteiger partial charge in [-0.2, -0.15) is 0 Å². The molecule has 96 valence electrons. The third kappa shape index (κ3) is 1.74. The highest BCUT2D eigenvalue weighted by molar-refractivity contribution is 5.77. The number of imidazole rings is 1. The van der Waals surface area contributed by atoms with Crippen molar-refractivity contribution < 1.29 is 0 Å². The minimum Gasteiger partial charge on any atom is -0.323 e. The molecule has 3 heteroatoms. The Morgan fingerprint density at radius 2 is 2.06 bits per heavy atom. The van der Waals surface area contributed by atoms with Crippen LogP contribution in [0.3, 0.4) is 0 Å². The Morgan fingerprint density at radius 3 is 2.67 bits per heavy atom. The van der Waals surface area contributed by atoms with E-state index in [-0.39, 0.29) is 5.54 Å². The molecule has 1 aromatic carbocycles. The van der Waals surface area contributed by atoms with E-state index in [1.807, 2.05) is 7.05 Å². The van der Waals surface area contributed by atoms with Gasteiger partial charge < -0.3 is 9.88 Å². The smallest absolute Gasteiger partial charge is 0.129 e. The number of rotatable bonds is 3. The number of hydrogen-bond acceptors (Lipinski definition) is 2. The zero-order chi connectivity index (χ0) is 12.9. The zero-order valence-electron chi connectivity index (χ0n) is 11.6. The molecular weight excluding hydrogens is 222 g/mol. The molecule has 3 nitrogen and oxygen atoms in total. The van der Waals surface area contributed by atoms with Crippen molar-refractivity contribution in [3.63, 3.8) is 0 Å². The van der Waals surface area contributed by atoms with Crippen LogP contribution in [-0.2, 0) is 5.54 Å². The van der Waals surface area contributed by atoms with E-state index in [0.29, 0.717) is 6.04 Å². The zero-order valence-corrected chi connectivity index (χ0v) is 11.6. The quantitative estimate of drug-likeness (QED) is 0.897. The summed E-state index contributed by atoms with van der Waals surface area (Å²) in [5, 5.41) is 3.37. The molecule has 1 aliphatic rings. The number of benzene rings is 1.